The maximum atomic E-state index is 14.0. The Bertz CT molecular complexity index is 1640. The van der Waals surface area contributed by atoms with Gasteiger partial charge in [-0.05, 0) is 99.5 Å². The molecule has 6 rings (SSSR count). The molecule has 204 valence electrons. The number of ether oxygens (including phenoxy) is 1. The highest BCUT2D eigenvalue weighted by Gasteiger charge is 2.56. The van der Waals surface area contributed by atoms with Crippen LogP contribution in [-0.4, -0.2) is 35.6 Å². The second kappa shape index (κ2) is 9.92. The van der Waals surface area contributed by atoms with Gasteiger partial charge in [0.2, 0.25) is 11.8 Å². The molecule has 0 bridgehead atoms. The first-order valence-electron chi connectivity index (χ1n) is 12.6. The molecule has 0 unspecified atom stereocenters. The zero-order valence-electron chi connectivity index (χ0n) is 21.3. The molecule has 40 heavy (non-hydrogen) atoms. The number of imide groups is 1. The van der Waals surface area contributed by atoms with Crippen molar-refractivity contribution in [1.82, 2.24) is 0 Å². The van der Waals surface area contributed by atoms with Gasteiger partial charge in [0, 0.05) is 31.6 Å². The number of carbonyl (C=O) groups excluding carboxylic acids is 4. The molecule has 1 aliphatic heterocycles. The first kappa shape index (κ1) is 27.4. The van der Waals surface area contributed by atoms with Crippen LogP contribution in [0.25, 0.3) is 0 Å². The molecule has 10 heteroatoms. The Kier molecular flexibility index (Phi) is 6.79. The van der Waals surface area contributed by atoms with Crippen molar-refractivity contribution in [1.29, 1.82) is 0 Å². The van der Waals surface area contributed by atoms with Gasteiger partial charge in [-0.2, -0.15) is 0 Å². The van der Waals surface area contributed by atoms with E-state index in [2.05, 4.69) is 47.8 Å². The number of phenolic OH excluding ortho intramolecular Hbond substituents is 1. The first-order chi connectivity index (χ1) is 19.0. The summed E-state index contributed by atoms with van der Waals surface area (Å²) in [5.74, 6) is -3.37. The van der Waals surface area contributed by atoms with E-state index in [4.69, 9.17) is 4.74 Å². The summed E-state index contributed by atoms with van der Waals surface area (Å²) in [7, 11) is 1.43. The molecule has 3 aliphatic carbocycles. The normalized spacial score (nSPS) is 25.9. The van der Waals surface area contributed by atoms with E-state index in [0.717, 1.165) is 10.0 Å². The van der Waals surface area contributed by atoms with Crippen molar-refractivity contribution in [3.8, 4) is 11.5 Å². The van der Waals surface area contributed by atoms with E-state index < -0.39 is 23.7 Å². The highest BCUT2D eigenvalue weighted by Crippen LogP contribution is 2.57. The van der Waals surface area contributed by atoms with Crippen molar-refractivity contribution in [2.24, 2.45) is 17.8 Å². The number of allylic oxidation sites excluding steroid dienone is 6. The third-order valence-electron chi connectivity index (χ3n) is 8.35. The molecule has 4 atom stereocenters. The number of benzene rings is 2. The number of hydrogen-bond donors (Lipinski definition) is 1. The maximum Gasteiger partial charge on any atom is 0.238 e. The summed E-state index contributed by atoms with van der Waals surface area (Å²) in [6.07, 6.45) is 3.83. The third kappa shape index (κ3) is 3.94. The Morgan fingerprint density at radius 2 is 1.68 bits per heavy atom. The van der Waals surface area contributed by atoms with Crippen molar-refractivity contribution < 1.29 is 29.0 Å². The molecule has 0 saturated carbocycles. The van der Waals surface area contributed by atoms with Crippen LogP contribution in [0.1, 0.15) is 31.2 Å². The predicted molar refractivity (Wildman–Crippen MR) is 158 cm³/mol. The van der Waals surface area contributed by atoms with Crippen LogP contribution in [0.4, 0.5) is 5.69 Å². The molecule has 0 spiro atoms. The van der Waals surface area contributed by atoms with Crippen LogP contribution >= 0.6 is 47.8 Å². The minimum atomic E-state index is -0.681. The monoisotopic (exact) mass is 729 g/mol. The zero-order valence-corrected chi connectivity index (χ0v) is 26.1. The van der Waals surface area contributed by atoms with Crippen LogP contribution in [0.15, 0.2) is 78.2 Å². The Hall–Kier alpha value is -2.82. The summed E-state index contributed by atoms with van der Waals surface area (Å²) in [5, 5.41) is 10.6. The lowest BCUT2D eigenvalue weighted by Crippen LogP contribution is -2.40. The Labute approximate surface area is 255 Å². The topological polar surface area (TPSA) is 101 Å². The number of aromatic hydroxyl groups is 1. The van der Waals surface area contributed by atoms with Gasteiger partial charge in [0.15, 0.2) is 23.1 Å². The molecule has 2 amide bonds. The Morgan fingerprint density at radius 1 is 0.975 bits per heavy atom. The second-order valence-electron chi connectivity index (χ2n) is 10.4. The predicted octanol–water partition coefficient (Wildman–Crippen LogP) is 6.32. The van der Waals surface area contributed by atoms with Crippen LogP contribution in [0.3, 0.4) is 0 Å². The highest BCUT2D eigenvalue weighted by molar-refractivity contribution is 9.13. The summed E-state index contributed by atoms with van der Waals surface area (Å²) in [6, 6.07) is 8.66. The summed E-state index contributed by atoms with van der Waals surface area (Å²) in [4.78, 5) is 55.8. The number of amides is 2. The molecule has 7 nitrogen and oxygen atoms in total. The summed E-state index contributed by atoms with van der Waals surface area (Å²) < 4.78 is 7.09. The third-order valence-corrected chi connectivity index (χ3v) is 11.0. The molecule has 0 radical (unpaired) electrons. The molecule has 1 heterocycles. The number of hydrogen-bond acceptors (Lipinski definition) is 6. The van der Waals surface area contributed by atoms with Gasteiger partial charge >= 0.3 is 0 Å². The number of phenols is 1. The molecular weight excluding hydrogens is 710 g/mol. The minimum absolute atomic E-state index is 0.110. The molecule has 1 N–H and O–H groups in total. The summed E-state index contributed by atoms with van der Waals surface area (Å²) >= 11 is 10.4. The van der Waals surface area contributed by atoms with Crippen LogP contribution < -0.4 is 9.64 Å². The number of halogens is 3. The van der Waals surface area contributed by atoms with Crippen LogP contribution in [0.2, 0.25) is 0 Å². The molecular formula is C30H22Br3NO6. The van der Waals surface area contributed by atoms with Gasteiger partial charge in [-0.15, -0.1) is 0 Å². The number of anilines is 1. The lowest BCUT2D eigenvalue weighted by molar-refractivity contribution is -0.123. The van der Waals surface area contributed by atoms with Gasteiger partial charge < -0.3 is 9.84 Å². The fourth-order valence-corrected chi connectivity index (χ4v) is 7.76. The molecule has 1 fully saturated rings. The quantitative estimate of drug-likeness (QED) is 0.225. The van der Waals surface area contributed by atoms with Crippen molar-refractivity contribution in [3.63, 3.8) is 0 Å². The molecule has 4 aliphatic rings. The van der Waals surface area contributed by atoms with Crippen LogP contribution in [0, 0.1) is 17.8 Å². The highest BCUT2D eigenvalue weighted by atomic mass is 79.9. The number of Topliss-reactive ketones (excluding diaryl/α,β-unsaturated/α-hetero) is 1. The van der Waals surface area contributed by atoms with E-state index in [-0.39, 0.29) is 41.3 Å². The van der Waals surface area contributed by atoms with Gasteiger partial charge in [-0.1, -0.05) is 27.6 Å². The molecule has 2 aromatic rings. The van der Waals surface area contributed by atoms with Crippen molar-refractivity contribution in [2.75, 3.05) is 12.0 Å². The van der Waals surface area contributed by atoms with Gasteiger partial charge in [0.25, 0.3) is 0 Å². The van der Waals surface area contributed by atoms with Crippen molar-refractivity contribution >= 4 is 76.9 Å². The van der Waals surface area contributed by atoms with Crippen molar-refractivity contribution in [2.45, 2.75) is 25.7 Å². The number of carbonyl (C=O) groups is 4. The van der Waals surface area contributed by atoms with Gasteiger partial charge in [-0.3, -0.25) is 24.1 Å². The average molecular weight is 732 g/mol. The average Bonchev–Trinajstić information content (AvgIpc) is 3.20. The largest absolute Gasteiger partial charge is 0.503 e. The SMILES string of the molecule is COc1cc([C@H]2C3=CC[C@@H]4C(=O)N(c5ccc(Br)cc5)C(=O)[C@@H]4[C@@H]3CC3=C2C(=O)C(C)=CC3=O)c(Br)c(Br)c1O. The lowest BCUT2D eigenvalue weighted by atomic mass is 9.59. The van der Waals surface area contributed by atoms with E-state index >= 15 is 0 Å². The molecule has 2 aromatic carbocycles. The van der Waals surface area contributed by atoms with E-state index in [1.807, 2.05) is 6.08 Å². The van der Waals surface area contributed by atoms with E-state index in [9.17, 15) is 24.3 Å². The minimum Gasteiger partial charge on any atom is -0.503 e. The number of nitrogens with zero attached hydrogens (tertiary/aromatic N) is 1. The van der Waals surface area contributed by atoms with E-state index in [0.29, 0.717) is 43.3 Å². The van der Waals surface area contributed by atoms with Crippen LogP contribution in [0.5, 0.6) is 11.5 Å². The number of rotatable bonds is 3. The van der Waals surface area contributed by atoms with Crippen LogP contribution in [-0.2, 0) is 19.2 Å². The molecule has 0 aromatic heterocycles. The Balaban J connectivity index is 1.53. The van der Waals surface area contributed by atoms with Gasteiger partial charge in [0.05, 0.1) is 29.1 Å². The summed E-state index contributed by atoms with van der Waals surface area (Å²) in [6.45, 7) is 1.62. The second-order valence-corrected chi connectivity index (χ2v) is 12.9. The van der Waals surface area contributed by atoms with Crippen molar-refractivity contribution in [3.05, 3.63) is 83.8 Å². The van der Waals surface area contributed by atoms with E-state index in [1.54, 1.807) is 37.3 Å². The van der Waals surface area contributed by atoms with Gasteiger partial charge in [-0.25, -0.2) is 0 Å². The fourth-order valence-electron chi connectivity index (χ4n) is 6.54. The first-order valence-corrected chi connectivity index (χ1v) is 15.0. The zero-order chi connectivity index (χ0) is 28.6. The molecule has 1 saturated heterocycles. The number of methoxy groups -OCH3 is 1. The smallest absolute Gasteiger partial charge is 0.238 e. The Morgan fingerprint density at radius 3 is 2.35 bits per heavy atom. The maximum absolute atomic E-state index is 14.0. The standard InChI is InChI=1S/C30H22Br3NO6/c1-12-9-20(35)18-10-17-15(22(24(18)27(12)36)19-11-21(40-2)28(37)26(33)25(19)32)7-8-16-23(17)30(39)34(29(16)38)14-5-3-13(31)4-6-14/h3-7,9,11,16-17,22-23,37H,8,10H2,1-2H3/t16-,17+,22+,23-/m0/s1. The van der Waals surface area contributed by atoms with E-state index in [1.165, 1.54) is 18.1 Å². The lowest BCUT2D eigenvalue weighted by Gasteiger charge is -2.42. The summed E-state index contributed by atoms with van der Waals surface area (Å²) in [5.41, 5.74) is 3.00. The number of fused-ring (bicyclic) bond motifs is 3. The fraction of sp³-hybridized carbons (Fsp3) is 0.267. The number of ketones is 2. The van der Waals surface area contributed by atoms with Gasteiger partial charge in [0.1, 0.15) is 0 Å².